The molecular weight excluding hydrogens is 346 g/mol. The van der Waals surface area contributed by atoms with Crippen molar-refractivity contribution in [3.05, 3.63) is 51.5 Å². The Morgan fingerprint density at radius 2 is 2.00 bits per heavy atom. The van der Waals surface area contributed by atoms with Gasteiger partial charge in [-0.25, -0.2) is 4.98 Å². The van der Waals surface area contributed by atoms with Crippen LogP contribution in [0.25, 0.3) is 0 Å². The van der Waals surface area contributed by atoms with Crippen LogP contribution in [0.4, 0.5) is 0 Å². The molecule has 0 atom stereocenters. The van der Waals surface area contributed by atoms with Crippen LogP contribution in [0.15, 0.2) is 30.5 Å². The number of nitrogens with one attached hydrogen (secondary N) is 1. The number of nitrogens with zero attached hydrogens (tertiary/aromatic N) is 2. The fourth-order valence-corrected chi connectivity index (χ4v) is 3.74. The highest BCUT2D eigenvalue weighted by Crippen LogP contribution is 2.26. The maximum atomic E-state index is 12.4. The van der Waals surface area contributed by atoms with Gasteiger partial charge in [0.15, 0.2) is 0 Å². The summed E-state index contributed by atoms with van der Waals surface area (Å²) in [7, 11) is 0. The van der Waals surface area contributed by atoms with E-state index in [0.29, 0.717) is 11.4 Å². The lowest BCUT2D eigenvalue weighted by Gasteiger charge is -2.26. The largest absolute Gasteiger partial charge is 0.379 e. The number of carbonyl (C=O) groups excluding carboxylic acids is 1. The van der Waals surface area contributed by atoms with Gasteiger partial charge in [-0.1, -0.05) is 45.0 Å². The number of ether oxygens (including phenoxy) is 1. The van der Waals surface area contributed by atoms with Gasteiger partial charge in [-0.2, -0.15) is 0 Å². The van der Waals surface area contributed by atoms with Gasteiger partial charge in [0.1, 0.15) is 4.88 Å². The molecule has 140 valence electrons. The van der Waals surface area contributed by atoms with Crippen LogP contribution in [0.3, 0.4) is 0 Å². The molecule has 1 aromatic heterocycles. The van der Waals surface area contributed by atoms with Gasteiger partial charge in [0.2, 0.25) is 0 Å². The van der Waals surface area contributed by atoms with Gasteiger partial charge in [-0.05, 0) is 11.1 Å². The maximum absolute atomic E-state index is 12.4. The zero-order valence-electron chi connectivity index (χ0n) is 15.7. The molecule has 0 radical (unpaired) electrons. The Hall–Kier alpha value is -1.76. The molecule has 5 nitrogen and oxygen atoms in total. The fourth-order valence-electron chi connectivity index (χ4n) is 2.85. The molecule has 6 heteroatoms. The third-order valence-electron chi connectivity index (χ3n) is 4.33. The highest BCUT2D eigenvalue weighted by atomic mass is 32.1. The van der Waals surface area contributed by atoms with Crippen molar-refractivity contribution >= 4 is 17.2 Å². The number of amides is 1. The van der Waals surface area contributed by atoms with E-state index < -0.39 is 0 Å². The second-order valence-electron chi connectivity index (χ2n) is 7.67. The molecule has 0 saturated carbocycles. The van der Waals surface area contributed by atoms with E-state index in [2.05, 4.69) is 60.2 Å². The summed E-state index contributed by atoms with van der Waals surface area (Å²) in [5.41, 5.74) is 2.35. The Kier molecular flexibility index (Phi) is 6.06. The summed E-state index contributed by atoms with van der Waals surface area (Å²) in [5.74, 6) is -0.0587. The molecule has 1 fully saturated rings. The Morgan fingerprint density at radius 3 is 2.69 bits per heavy atom. The van der Waals surface area contributed by atoms with Crippen LogP contribution >= 0.6 is 11.3 Å². The van der Waals surface area contributed by atoms with Crippen molar-refractivity contribution in [3.8, 4) is 0 Å². The Balaban J connectivity index is 1.56. The molecule has 1 aliphatic rings. The SMILES string of the molecule is CC(C)(C)c1ncc(C(=O)NCc2cccc(CN3CCOCC3)c2)s1. The smallest absolute Gasteiger partial charge is 0.263 e. The summed E-state index contributed by atoms with van der Waals surface area (Å²) in [5, 5.41) is 3.99. The van der Waals surface area contributed by atoms with E-state index in [1.54, 1.807) is 6.20 Å². The monoisotopic (exact) mass is 373 g/mol. The summed E-state index contributed by atoms with van der Waals surface area (Å²) in [6, 6.07) is 8.42. The van der Waals surface area contributed by atoms with Crippen molar-refractivity contribution in [3.63, 3.8) is 0 Å². The number of carbonyl (C=O) groups is 1. The number of rotatable bonds is 5. The standard InChI is InChI=1S/C20H27N3O2S/c1-20(2,3)19-22-13-17(26-19)18(24)21-12-15-5-4-6-16(11-15)14-23-7-9-25-10-8-23/h4-6,11,13H,7-10,12,14H2,1-3H3,(H,21,24). The van der Waals surface area contributed by atoms with E-state index in [0.717, 1.165) is 43.4 Å². The van der Waals surface area contributed by atoms with Gasteiger partial charge in [-0.15, -0.1) is 11.3 Å². The van der Waals surface area contributed by atoms with E-state index >= 15 is 0 Å². The van der Waals surface area contributed by atoms with E-state index in [-0.39, 0.29) is 11.3 Å². The molecular formula is C20H27N3O2S. The summed E-state index contributed by atoms with van der Waals surface area (Å²) < 4.78 is 5.40. The van der Waals surface area contributed by atoms with Crippen molar-refractivity contribution in [2.24, 2.45) is 0 Å². The van der Waals surface area contributed by atoms with Crippen LogP contribution in [-0.2, 0) is 23.2 Å². The molecule has 2 aromatic rings. The van der Waals surface area contributed by atoms with E-state index in [4.69, 9.17) is 4.74 Å². The summed E-state index contributed by atoms with van der Waals surface area (Å²) in [4.78, 5) is 19.8. The molecule has 1 N–H and O–H groups in total. The van der Waals surface area contributed by atoms with Crippen LogP contribution in [0.2, 0.25) is 0 Å². The lowest BCUT2D eigenvalue weighted by Crippen LogP contribution is -2.35. The van der Waals surface area contributed by atoms with Crippen LogP contribution in [0, 0.1) is 0 Å². The van der Waals surface area contributed by atoms with Crippen LogP contribution < -0.4 is 5.32 Å². The molecule has 2 heterocycles. The van der Waals surface area contributed by atoms with E-state index in [9.17, 15) is 4.79 Å². The zero-order valence-corrected chi connectivity index (χ0v) is 16.6. The van der Waals surface area contributed by atoms with E-state index in [1.165, 1.54) is 16.9 Å². The van der Waals surface area contributed by atoms with Gasteiger partial charge >= 0.3 is 0 Å². The normalized spacial score (nSPS) is 15.8. The minimum absolute atomic E-state index is 0.0307. The van der Waals surface area contributed by atoms with Gasteiger partial charge < -0.3 is 10.1 Å². The van der Waals surface area contributed by atoms with Crippen molar-refractivity contribution in [2.75, 3.05) is 26.3 Å². The molecule has 26 heavy (non-hydrogen) atoms. The molecule has 0 aliphatic carbocycles. The summed E-state index contributed by atoms with van der Waals surface area (Å²) >= 11 is 1.47. The Bertz CT molecular complexity index is 746. The van der Waals surface area contributed by atoms with Gasteiger partial charge in [0.25, 0.3) is 5.91 Å². The minimum Gasteiger partial charge on any atom is -0.379 e. The summed E-state index contributed by atoms with van der Waals surface area (Å²) in [6.45, 7) is 11.3. The number of thiazole rings is 1. The second kappa shape index (κ2) is 8.29. The molecule has 1 amide bonds. The summed E-state index contributed by atoms with van der Waals surface area (Å²) in [6.07, 6.45) is 1.68. The van der Waals surface area contributed by atoms with Crippen LogP contribution in [0.5, 0.6) is 0 Å². The van der Waals surface area contributed by atoms with E-state index in [1.807, 2.05) is 0 Å². The molecule has 0 spiro atoms. The molecule has 0 bridgehead atoms. The number of hydrogen-bond acceptors (Lipinski definition) is 5. The molecule has 3 rings (SSSR count). The fraction of sp³-hybridized carbons (Fsp3) is 0.500. The number of benzene rings is 1. The van der Waals surface area contributed by atoms with Crippen molar-refractivity contribution in [1.29, 1.82) is 0 Å². The average Bonchev–Trinajstić information content (AvgIpc) is 3.12. The highest BCUT2D eigenvalue weighted by molar-refractivity contribution is 7.13. The van der Waals surface area contributed by atoms with Crippen molar-refractivity contribution in [2.45, 2.75) is 39.3 Å². The molecule has 0 unspecified atom stereocenters. The first kappa shape index (κ1) is 19.0. The third-order valence-corrected chi connectivity index (χ3v) is 5.75. The predicted molar refractivity (Wildman–Crippen MR) is 105 cm³/mol. The first-order valence-electron chi connectivity index (χ1n) is 9.04. The second-order valence-corrected chi connectivity index (χ2v) is 8.70. The van der Waals surface area contributed by atoms with Crippen molar-refractivity contribution in [1.82, 2.24) is 15.2 Å². The topological polar surface area (TPSA) is 54.5 Å². The first-order chi connectivity index (χ1) is 12.4. The average molecular weight is 374 g/mol. The quantitative estimate of drug-likeness (QED) is 0.874. The molecule has 1 saturated heterocycles. The van der Waals surface area contributed by atoms with Crippen LogP contribution in [-0.4, -0.2) is 42.1 Å². The Labute approximate surface area is 159 Å². The predicted octanol–water partition coefficient (Wildman–Crippen LogP) is 3.20. The maximum Gasteiger partial charge on any atom is 0.263 e. The number of morpholine rings is 1. The minimum atomic E-state index is -0.0587. The lowest BCUT2D eigenvalue weighted by molar-refractivity contribution is 0.0342. The lowest BCUT2D eigenvalue weighted by atomic mass is 9.98. The molecule has 1 aromatic carbocycles. The van der Waals surface area contributed by atoms with Gasteiger partial charge in [0.05, 0.1) is 24.4 Å². The Morgan fingerprint density at radius 1 is 1.27 bits per heavy atom. The third kappa shape index (κ3) is 5.13. The van der Waals surface area contributed by atoms with Crippen LogP contribution in [0.1, 0.15) is 46.6 Å². The number of aromatic nitrogens is 1. The van der Waals surface area contributed by atoms with Gasteiger partial charge in [0, 0.05) is 31.6 Å². The van der Waals surface area contributed by atoms with Crippen molar-refractivity contribution < 1.29 is 9.53 Å². The molecule has 1 aliphatic heterocycles. The zero-order chi connectivity index (χ0) is 18.6. The number of hydrogen-bond donors (Lipinski definition) is 1. The highest BCUT2D eigenvalue weighted by Gasteiger charge is 2.20. The first-order valence-corrected chi connectivity index (χ1v) is 9.86. The van der Waals surface area contributed by atoms with Gasteiger partial charge in [-0.3, -0.25) is 9.69 Å².